The molecule has 3 rings (SSSR count). The van der Waals surface area contributed by atoms with E-state index in [1.807, 2.05) is 12.3 Å². The van der Waals surface area contributed by atoms with Crippen LogP contribution in [0.4, 0.5) is 0 Å². The maximum atomic E-state index is 6.28. The lowest BCUT2D eigenvalue weighted by Gasteiger charge is -2.33. The van der Waals surface area contributed by atoms with Gasteiger partial charge in [0, 0.05) is 17.3 Å². The minimum atomic E-state index is 0.128. The Morgan fingerprint density at radius 1 is 1.32 bits per heavy atom. The lowest BCUT2D eigenvalue weighted by atomic mass is 9.75. The first-order chi connectivity index (χ1) is 9.05. The van der Waals surface area contributed by atoms with Crippen molar-refractivity contribution >= 4 is 0 Å². The molecular formula is C16H21N3. The highest BCUT2D eigenvalue weighted by Crippen LogP contribution is 2.39. The molecule has 1 aromatic carbocycles. The van der Waals surface area contributed by atoms with E-state index in [9.17, 15) is 0 Å². The molecule has 1 aliphatic carbocycles. The average molecular weight is 255 g/mol. The molecule has 2 N–H and O–H groups in total. The van der Waals surface area contributed by atoms with Crippen LogP contribution in [-0.4, -0.2) is 9.78 Å². The highest BCUT2D eigenvalue weighted by molar-refractivity contribution is 5.27. The van der Waals surface area contributed by atoms with Crippen molar-refractivity contribution < 1.29 is 0 Å². The van der Waals surface area contributed by atoms with Crippen LogP contribution in [-0.2, 0) is 13.0 Å². The second-order valence-electron chi connectivity index (χ2n) is 6.34. The summed E-state index contributed by atoms with van der Waals surface area (Å²) in [6, 6.07) is 10.6. The van der Waals surface area contributed by atoms with Gasteiger partial charge in [-0.25, -0.2) is 0 Å². The van der Waals surface area contributed by atoms with Crippen molar-refractivity contribution in [2.45, 2.75) is 39.3 Å². The van der Waals surface area contributed by atoms with Crippen LogP contribution in [0.1, 0.15) is 43.1 Å². The zero-order valence-electron chi connectivity index (χ0n) is 11.6. The van der Waals surface area contributed by atoms with Crippen LogP contribution >= 0.6 is 0 Å². The number of rotatable bonds is 2. The van der Waals surface area contributed by atoms with Gasteiger partial charge >= 0.3 is 0 Å². The van der Waals surface area contributed by atoms with Crippen molar-refractivity contribution in [3.63, 3.8) is 0 Å². The Bertz CT molecular complexity index is 569. The summed E-state index contributed by atoms with van der Waals surface area (Å²) in [6.45, 7) is 5.41. The Morgan fingerprint density at radius 2 is 2.05 bits per heavy atom. The summed E-state index contributed by atoms with van der Waals surface area (Å²) in [7, 11) is 0. The summed E-state index contributed by atoms with van der Waals surface area (Å²) in [5.74, 6) is 0. The summed E-state index contributed by atoms with van der Waals surface area (Å²) in [5.41, 5.74) is 10.4. The van der Waals surface area contributed by atoms with Crippen molar-refractivity contribution in [2.24, 2.45) is 11.1 Å². The predicted octanol–water partition coefficient (Wildman–Crippen LogP) is 2.90. The van der Waals surface area contributed by atoms with Gasteiger partial charge in [-0.15, -0.1) is 0 Å². The Kier molecular flexibility index (Phi) is 2.94. The van der Waals surface area contributed by atoms with Crippen molar-refractivity contribution in [3.8, 4) is 0 Å². The van der Waals surface area contributed by atoms with E-state index in [4.69, 9.17) is 5.73 Å². The molecule has 1 atom stereocenters. The largest absolute Gasteiger partial charge is 0.324 e. The Labute approximate surface area is 114 Å². The number of benzene rings is 1. The lowest BCUT2D eigenvalue weighted by Crippen LogP contribution is -2.30. The molecule has 0 saturated heterocycles. The molecular weight excluding hydrogens is 234 g/mol. The van der Waals surface area contributed by atoms with E-state index < -0.39 is 0 Å². The summed E-state index contributed by atoms with van der Waals surface area (Å²) < 4.78 is 2.12. The highest BCUT2D eigenvalue weighted by Gasteiger charge is 2.32. The fourth-order valence-corrected chi connectivity index (χ4v) is 3.05. The third kappa shape index (κ3) is 2.43. The van der Waals surface area contributed by atoms with E-state index in [1.165, 1.54) is 16.8 Å². The smallest absolute Gasteiger partial charge is 0.0662 e. The SMILES string of the molecule is CC1(C)Cc2c(cnn2Cc2ccccc2)C(N)C1. The number of nitrogens with zero attached hydrogens (tertiary/aromatic N) is 2. The minimum Gasteiger partial charge on any atom is -0.324 e. The molecule has 0 spiro atoms. The van der Waals surface area contributed by atoms with Gasteiger partial charge in [-0.05, 0) is 23.8 Å². The molecule has 0 bridgehead atoms. The van der Waals surface area contributed by atoms with Gasteiger partial charge in [0.2, 0.25) is 0 Å². The number of aromatic nitrogens is 2. The molecule has 1 aromatic heterocycles. The van der Waals surface area contributed by atoms with E-state index in [0.29, 0.717) is 0 Å². The van der Waals surface area contributed by atoms with E-state index in [2.05, 4.69) is 47.9 Å². The van der Waals surface area contributed by atoms with Crippen LogP contribution < -0.4 is 5.73 Å². The first kappa shape index (κ1) is 12.4. The number of fused-ring (bicyclic) bond motifs is 1. The number of hydrogen-bond donors (Lipinski definition) is 1. The van der Waals surface area contributed by atoms with Crippen LogP contribution in [0.2, 0.25) is 0 Å². The monoisotopic (exact) mass is 255 g/mol. The number of hydrogen-bond acceptors (Lipinski definition) is 2. The van der Waals surface area contributed by atoms with E-state index in [0.717, 1.165) is 19.4 Å². The highest BCUT2D eigenvalue weighted by atomic mass is 15.3. The normalized spacial score (nSPS) is 21.1. The van der Waals surface area contributed by atoms with Gasteiger partial charge in [-0.1, -0.05) is 44.2 Å². The molecule has 1 heterocycles. The molecule has 0 fully saturated rings. The fraction of sp³-hybridized carbons (Fsp3) is 0.438. The summed E-state index contributed by atoms with van der Waals surface area (Å²) in [5, 5.41) is 4.55. The van der Waals surface area contributed by atoms with Gasteiger partial charge in [0.25, 0.3) is 0 Å². The van der Waals surface area contributed by atoms with E-state index in [1.54, 1.807) is 0 Å². The Hall–Kier alpha value is -1.61. The molecule has 2 aromatic rings. The van der Waals surface area contributed by atoms with Gasteiger partial charge in [0.05, 0.1) is 12.7 Å². The second-order valence-corrected chi connectivity index (χ2v) is 6.34. The van der Waals surface area contributed by atoms with Gasteiger partial charge in [0.15, 0.2) is 0 Å². The summed E-state index contributed by atoms with van der Waals surface area (Å²) in [6.07, 6.45) is 4.05. The van der Waals surface area contributed by atoms with Crippen LogP contribution in [0.3, 0.4) is 0 Å². The van der Waals surface area contributed by atoms with E-state index in [-0.39, 0.29) is 11.5 Å². The first-order valence-corrected chi connectivity index (χ1v) is 6.89. The number of nitrogens with two attached hydrogens (primary N) is 1. The molecule has 100 valence electrons. The summed E-state index contributed by atoms with van der Waals surface area (Å²) >= 11 is 0. The molecule has 0 saturated carbocycles. The van der Waals surface area contributed by atoms with Crippen LogP contribution in [0.15, 0.2) is 36.5 Å². The van der Waals surface area contributed by atoms with Crippen molar-refractivity contribution in [2.75, 3.05) is 0 Å². The van der Waals surface area contributed by atoms with Crippen molar-refractivity contribution in [3.05, 3.63) is 53.3 Å². The zero-order valence-corrected chi connectivity index (χ0v) is 11.6. The topological polar surface area (TPSA) is 43.8 Å². The van der Waals surface area contributed by atoms with Gasteiger partial charge < -0.3 is 5.73 Å². The molecule has 0 amide bonds. The van der Waals surface area contributed by atoms with Crippen LogP contribution in [0.25, 0.3) is 0 Å². The predicted molar refractivity (Wildman–Crippen MR) is 76.8 cm³/mol. The molecule has 3 nitrogen and oxygen atoms in total. The van der Waals surface area contributed by atoms with Crippen LogP contribution in [0.5, 0.6) is 0 Å². The molecule has 19 heavy (non-hydrogen) atoms. The zero-order chi connectivity index (χ0) is 13.5. The fourth-order valence-electron chi connectivity index (χ4n) is 3.05. The Morgan fingerprint density at radius 3 is 2.79 bits per heavy atom. The average Bonchev–Trinajstić information content (AvgIpc) is 2.72. The standard InChI is InChI=1S/C16H21N3/c1-16(2)8-14(17)13-10-18-19(15(13)9-16)11-12-6-4-3-5-7-12/h3-7,10,14H,8-9,11,17H2,1-2H3. The summed E-state index contributed by atoms with van der Waals surface area (Å²) in [4.78, 5) is 0. The molecule has 1 aliphatic rings. The van der Waals surface area contributed by atoms with Crippen LogP contribution in [0, 0.1) is 5.41 Å². The van der Waals surface area contributed by atoms with Gasteiger partial charge in [0.1, 0.15) is 0 Å². The lowest BCUT2D eigenvalue weighted by molar-refractivity contribution is 0.275. The maximum absolute atomic E-state index is 6.28. The van der Waals surface area contributed by atoms with Crippen molar-refractivity contribution in [1.29, 1.82) is 0 Å². The van der Waals surface area contributed by atoms with Gasteiger partial charge in [-0.2, -0.15) is 5.10 Å². The van der Waals surface area contributed by atoms with Gasteiger partial charge in [-0.3, -0.25) is 4.68 Å². The third-order valence-electron chi connectivity index (χ3n) is 3.97. The molecule has 1 unspecified atom stereocenters. The minimum absolute atomic E-state index is 0.128. The van der Waals surface area contributed by atoms with Crippen molar-refractivity contribution in [1.82, 2.24) is 9.78 Å². The Balaban J connectivity index is 1.93. The molecule has 3 heteroatoms. The quantitative estimate of drug-likeness (QED) is 0.896. The molecule has 0 radical (unpaired) electrons. The third-order valence-corrected chi connectivity index (χ3v) is 3.97. The second kappa shape index (κ2) is 4.49. The van der Waals surface area contributed by atoms with E-state index >= 15 is 0 Å². The molecule has 0 aliphatic heterocycles. The maximum Gasteiger partial charge on any atom is 0.0662 e. The first-order valence-electron chi connectivity index (χ1n) is 6.89.